The van der Waals surface area contributed by atoms with Gasteiger partial charge in [-0.3, -0.25) is 4.79 Å². The van der Waals surface area contributed by atoms with Crippen molar-refractivity contribution in [2.75, 3.05) is 0 Å². The van der Waals surface area contributed by atoms with E-state index in [4.69, 9.17) is 5.73 Å². The Bertz CT molecular complexity index is 669. The molecule has 1 amide bonds. The van der Waals surface area contributed by atoms with Crippen LogP contribution in [-0.4, -0.2) is 25.8 Å². The van der Waals surface area contributed by atoms with Crippen LogP contribution in [0.15, 0.2) is 12.7 Å². The molecule has 1 unspecified atom stereocenters. The lowest BCUT2D eigenvalue weighted by Crippen LogP contribution is -2.22. The van der Waals surface area contributed by atoms with E-state index in [0.29, 0.717) is 11.3 Å². The van der Waals surface area contributed by atoms with Crippen LogP contribution >= 0.6 is 0 Å². The Morgan fingerprint density at radius 3 is 2.11 bits per heavy atom. The van der Waals surface area contributed by atoms with Gasteiger partial charge >= 0.3 is 0 Å². The lowest BCUT2D eigenvalue weighted by Gasteiger charge is -2.13. The fraction of sp³-hybridized carbons (Fsp3) is 0.714. The molecule has 0 saturated heterocycles. The second-order valence-corrected chi connectivity index (χ2v) is 7.49. The quantitative estimate of drug-likeness (QED) is 0.429. The molecule has 0 aliphatic carbocycles. The molecule has 2 rings (SSSR count). The first kappa shape index (κ1) is 21.3. The molecule has 0 saturated carbocycles. The molecule has 0 aliphatic rings. The highest BCUT2D eigenvalue weighted by molar-refractivity contribution is 5.86. The minimum absolute atomic E-state index is 0.326. The van der Waals surface area contributed by atoms with Gasteiger partial charge in [0.15, 0.2) is 5.65 Å². The maximum atomic E-state index is 11.9. The van der Waals surface area contributed by atoms with E-state index in [0.717, 1.165) is 24.8 Å². The largest absolute Gasteiger partial charge is 0.369 e. The van der Waals surface area contributed by atoms with Crippen LogP contribution < -0.4 is 5.73 Å². The number of primary amides is 1. The van der Waals surface area contributed by atoms with Crippen molar-refractivity contribution in [3.05, 3.63) is 18.3 Å². The van der Waals surface area contributed by atoms with Crippen molar-refractivity contribution in [2.24, 2.45) is 5.73 Å². The standard InChI is InChI=1S/C21H35N5O/c1-2-3-4-5-6-7-8-9-10-11-12-13-14-17(20(22)27)18-19-21(25-15-23-18)26-16-24-19/h15-17H,2-14H2,1H3,(H2,22,27)(H,23,24,25,26). The summed E-state index contributed by atoms with van der Waals surface area (Å²) in [7, 11) is 0. The molecule has 150 valence electrons. The van der Waals surface area contributed by atoms with Crippen LogP contribution in [0.3, 0.4) is 0 Å². The molecule has 2 heterocycles. The van der Waals surface area contributed by atoms with Gasteiger partial charge in [0, 0.05) is 0 Å². The number of imidazole rings is 1. The number of unbranched alkanes of at least 4 members (excludes halogenated alkanes) is 11. The molecule has 0 aromatic carbocycles. The van der Waals surface area contributed by atoms with Crippen LogP contribution in [0.1, 0.15) is 102 Å². The van der Waals surface area contributed by atoms with Gasteiger partial charge in [-0.1, -0.05) is 84.0 Å². The van der Waals surface area contributed by atoms with E-state index in [2.05, 4.69) is 26.9 Å². The van der Waals surface area contributed by atoms with Crippen LogP contribution in [0.4, 0.5) is 0 Å². The van der Waals surface area contributed by atoms with Gasteiger partial charge in [-0.2, -0.15) is 0 Å². The summed E-state index contributed by atoms with van der Waals surface area (Å²) in [5.74, 6) is -0.702. The number of nitrogens with two attached hydrogens (primary N) is 1. The van der Waals surface area contributed by atoms with Crippen LogP contribution in [0, 0.1) is 0 Å². The van der Waals surface area contributed by atoms with Gasteiger partial charge in [0.2, 0.25) is 5.91 Å². The number of hydrogen-bond acceptors (Lipinski definition) is 4. The normalized spacial score (nSPS) is 12.5. The second kappa shape index (κ2) is 12.4. The van der Waals surface area contributed by atoms with E-state index in [1.54, 1.807) is 6.33 Å². The average Bonchev–Trinajstić information content (AvgIpc) is 3.14. The number of fused-ring (bicyclic) bond motifs is 1. The van der Waals surface area contributed by atoms with Crippen molar-refractivity contribution in [1.29, 1.82) is 0 Å². The number of nitrogens with one attached hydrogen (secondary N) is 1. The Morgan fingerprint density at radius 2 is 1.52 bits per heavy atom. The maximum Gasteiger partial charge on any atom is 0.226 e. The van der Waals surface area contributed by atoms with Crippen molar-refractivity contribution in [2.45, 2.75) is 96.3 Å². The van der Waals surface area contributed by atoms with Crippen molar-refractivity contribution in [3.63, 3.8) is 0 Å². The SMILES string of the molecule is CCCCCCCCCCCCCCC(C(N)=O)c1ncnc2nc[nH]c12. The highest BCUT2D eigenvalue weighted by Gasteiger charge is 2.22. The highest BCUT2D eigenvalue weighted by Crippen LogP contribution is 2.25. The van der Waals surface area contributed by atoms with Crippen LogP contribution in [0.2, 0.25) is 0 Å². The minimum Gasteiger partial charge on any atom is -0.369 e. The van der Waals surface area contributed by atoms with Gasteiger partial charge in [0.25, 0.3) is 0 Å². The third-order valence-electron chi connectivity index (χ3n) is 5.27. The lowest BCUT2D eigenvalue weighted by molar-refractivity contribution is -0.119. The summed E-state index contributed by atoms with van der Waals surface area (Å²) >= 11 is 0. The molecule has 0 fully saturated rings. The van der Waals surface area contributed by atoms with Gasteiger partial charge in [-0.15, -0.1) is 0 Å². The molecule has 0 bridgehead atoms. The van der Waals surface area contributed by atoms with Gasteiger partial charge in [0.05, 0.1) is 17.9 Å². The molecular formula is C21H35N5O. The summed E-state index contributed by atoms with van der Waals surface area (Å²) in [5, 5.41) is 0. The number of nitrogens with zero attached hydrogens (tertiary/aromatic N) is 3. The maximum absolute atomic E-state index is 11.9. The van der Waals surface area contributed by atoms with Crippen molar-refractivity contribution in [3.8, 4) is 0 Å². The predicted octanol–water partition coefficient (Wildman–Crippen LogP) is 5.01. The molecule has 6 heteroatoms. The van der Waals surface area contributed by atoms with E-state index in [1.165, 1.54) is 70.5 Å². The topological polar surface area (TPSA) is 97.6 Å². The number of carbonyl (C=O) groups excluding carboxylic acids is 1. The molecule has 0 radical (unpaired) electrons. The summed E-state index contributed by atoms with van der Waals surface area (Å²) in [6.07, 6.45) is 19.3. The fourth-order valence-corrected chi connectivity index (χ4v) is 3.65. The van der Waals surface area contributed by atoms with E-state index in [1.807, 2.05) is 0 Å². The number of carbonyl (C=O) groups is 1. The number of amides is 1. The molecule has 2 aromatic rings. The lowest BCUT2D eigenvalue weighted by atomic mass is 9.95. The van der Waals surface area contributed by atoms with Crippen LogP contribution in [0.25, 0.3) is 11.2 Å². The summed E-state index contributed by atoms with van der Waals surface area (Å²) in [6.45, 7) is 2.26. The molecule has 6 nitrogen and oxygen atoms in total. The zero-order valence-electron chi connectivity index (χ0n) is 16.8. The number of hydrogen-bond donors (Lipinski definition) is 2. The number of aromatic nitrogens is 4. The minimum atomic E-state index is -0.376. The fourth-order valence-electron chi connectivity index (χ4n) is 3.65. The zero-order chi connectivity index (χ0) is 19.3. The predicted molar refractivity (Wildman–Crippen MR) is 109 cm³/mol. The van der Waals surface area contributed by atoms with Crippen LogP contribution in [-0.2, 0) is 4.79 Å². The summed E-state index contributed by atoms with van der Waals surface area (Å²) in [5.41, 5.74) is 7.61. The molecule has 0 spiro atoms. The number of rotatable bonds is 15. The van der Waals surface area contributed by atoms with Gasteiger partial charge in [-0.05, 0) is 6.42 Å². The Hall–Kier alpha value is -1.98. The third-order valence-corrected chi connectivity index (χ3v) is 5.27. The molecule has 3 N–H and O–H groups in total. The Morgan fingerprint density at radius 1 is 0.926 bits per heavy atom. The molecular weight excluding hydrogens is 338 g/mol. The molecule has 1 atom stereocenters. The summed E-state index contributed by atoms with van der Waals surface area (Å²) < 4.78 is 0. The Balaban J connectivity index is 1.61. The van der Waals surface area contributed by atoms with Gasteiger partial charge < -0.3 is 10.7 Å². The molecule has 27 heavy (non-hydrogen) atoms. The van der Waals surface area contributed by atoms with E-state index in [-0.39, 0.29) is 11.8 Å². The van der Waals surface area contributed by atoms with Crippen LogP contribution in [0.5, 0.6) is 0 Å². The number of aromatic amines is 1. The van der Waals surface area contributed by atoms with Gasteiger partial charge in [0.1, 0.15) is 11.8 Å². The monoisotopic (exact) mass is 373 g/mol. The van der Waals surface area contributed by atoms with Gasteiger partial charge in [-0.25, -0.2) is 15.0 Å². The first-order valence-electron chi connectivity index (χ1n) is 10.7. The van der Waals surface area contributed by atoms with Crippen molar-refractivity contribution < 1.29 is 4.79 Å². The zero-order valence-corrected chi connectivity index (χ0v) is 16.8. The molecule has 2 aromatic heterocycles. The average molecular weight is 374 g/mol. The van der Waals surface area contributed by atoms with E-state index >= 15 is 0 Å². The van der Waals surface area contributed by atoms with E-state index in [9.17, 15) is 4.79 Å². The first-order chi connectivity index (χ1) is 13.2. The first-order valence-corrected chi connectivity index (χ1v) is 10.7. The third kappa shape index (κ3) is 7.27. The Kier molecular flexibility index (Phi) is 9.80. The van der Waals surface area contributed by atoms with E-state index < -0.39 is 0 Å². The highest BCUT2D eigenvalue weighted by atomic mass is 16.1. The Labute approximate surface area is 162 Å². The second-order valence-electron chi connectivity index (χ2n) is 7.49. The van der Waals surface area contributed by atoms with Crippen molar-refractivity contribution >= 4 is 17.1 Å². The smallest absolute Gasteiger partial charge is 0.226 e. The summed E-state index contributed by atoms with van der Waals surface area (Å²) in [6, 6.07) is 0. The van der Waals surface area contributed by atoms with Crippen molar-refractivity contribution in [1.82, 2.24) is 19.9 Å². The summed E-state index contributed by atoms with van der Waals surface area (Å²) in [4.78, 5) is 27.5. The molecule has 0 aliphatic heterocycles. The number of H-pyrrole nitrogens is 1.